The van der Waals surface area contributed by atoms with Crippen molar-refractivity contribution in [2.45, 2.75) is 26.7 Å². The summed E-state index contributed by atoms with van der Waals surface area (Å²) in [4.78, 5) is 0. The fourth-order valence-corrected chi connectivity index (χ4v) is 0.927. The lowest BCUT2D eigenvalue weighted by Gasteiger charge is -2.24. The van der Waals surface area contributed by atoms with Crippen LogP contribution in [0.25, 0.3) is 0 Å². The number of ether oxygens (including phenoxy) is 2. The van der Waals surface area contributed by atoms with Crippen molar-refractivity contribution in [2.24, 2.45) is 0 Å². The number of rotatable bonds is 6. The van der Waals surface area contributed by atoms with Gasteiger partial charge >= 0.3 is 8.69 Å². The van der Waals surface area contributed by atoms with Crippen LogP contribution in [-0.4, -0.2) is 19.2 Å². The molecule has 0 radical (unpaired) electrons. The van der Waals surface area contributed by atoms with Crippen molar-refractivity contribution in [1.82, 2.24) is 0 Å². The second-order valence-electron chi connectivity index (χ2n) is 1.89. The smallest absolute Gasteiger partial charge is 0.327 e. The molecular formula is C6H13O4P. The molecule has 66 valence electrons. The maximum absolute atomic E-state index is 10.1. The van der Waals surface area contributed by atoms with E-state index in [-0.39, 0.29) is 0 Å². The van der Waals surface area contributed by atoms with Crippen molar-refractivity contribution in [3.8, 4) is 0 Å². The van der Waals surface area contributed by atoms with Crippen LogP contribution in [-0.2, 0) is 18.6 Å². The zero-order valence-electron chi connectivity index (χ0n) is 6.99. The molecule has 5 heteroatoms. The van der Waals surface area contributed by atoms with Crippen LogP contribution in [0.15, 0.2) is 0 Å². The van der Waals surface area contributed by atoms with Crippen LogP contribution in [0.5, 0.6) is 0 Å². The molecule has 0 unspecified atom stereocenters. The van der Waals surface area contributed by atoms with Gasteiger partial charge in [-0.05, 0) is 13.8 Å². The third-order valence-electron chi connectivity index (χ3n) is 1.02. The Kier molecular flexibility index (Phi) is 5.60. The molecule has 0 amide bonds. The first-order valence-corrected chi connectivity index (χ1v) is 4.20. The van der Waals surface area contributed by atoms with E-state index in [1.807, 2.05) is 13.8 Å². The van der Waals surface area contributed by atoms with E-state index in [4.69, 9.17) is 9.47 Å². The minimum Gasteiger partial charge on any atom is -0.327 e. The highest BCUT2D eigenvalue weighted by molar-refractivity contribution is 7.17. The molecule has 0 atom stereocenters. The molecular weight excluding hydrogens is 167 g/mol. The average molecular weight is 180 g/mol. The first kappa shape index (κ1) is 11.0. The van der Waals surface area contributed by atoms with Gasteiger partial charge in [0.1, 0.15) is 0 Å². The van der Waals surface area contributed by atoms with Crippen LogP contribution in [0.3, 0.4) is 0 Å². The van der Waals surface area contributed by atoms with E-state index in [2.05, 4.69) is 4.52 Å². The molecule has 0 aromatic carbocycles. The molecule has 0 aliphatic rings. The summed E-state index contributed by atoms with van der Waals surface area (Å²) in [5.74, 6) is -1.17. The van der Waals surface area contributed by atoms with Crippen LogP contribution < -0.4 is 0 Å². The van der Waals surface area contributed by atoms with Gasteiger partial charge in [0.15, 0.2) is 0 Å². The van der Waals surface area contributed by atoms with Crippen molar-refractivity contribution in [3.63, 3.8) is 0 Å². The molecule has 0 bridgehead atoms. The van der Waals surface area contributed by atoms with Gasteiger partial charge in [-0.2, -0.15) is 0 Å². The van der Waals surface area contributed by atoms with E-state index in [9.17, 15) is 4.57 Å². The van der Waals surface area contributed by atoms with E-state index in [0.717, 1.165) is 0 Å². The Morgan fingerprint density at radius 2 is 1.73 bits per heavy atom. The average Bonchev–Trinajstić information content (AvgIpc) is 1.88. The van der Waals surface area contributed by atoms with Gasteiger partial charge in [0, 0.05) is 20.1 Å². The zero-order valence-corrected chi connectivity index (χ0v) is 7.89. The molecule has 4 nitrogen and oxygen atoms in total. The van der Waals surface area contributed by atoms with E-state index >= 15 is 0 Å². The summed E-state index contributed by atoms with van der Waals surface area (Å²) in [6.45, 7) is 6.09. The lowest BCUT2D eigenvalue weighted by Crippen LogP contribution is -2.32. The largest absolute Gasteiger partial charge is 0.332 e. The molecule has 0 N–H and O–H groups in total. The highest BCUT2D eigenvalue weighted by Gasteiger charge is 2.26. The Labute approximate surface area is 68.1 Å². The van der Waals surface area contributed by atoms with E-state index in [0.29, 0.717) is 13.2 Å². The van der Waals surface area contributed by atoms with Crippen molar-refractivity contribution in [1.29, 1.82) is 0 Å². The monoisotopic (exact) mass is 180 g/mol. The summed E-state index contributed by atoms with van der Waals surface area (Å²) in [5.41, 5.74) is 0. The molecule has 0 saturated carbocycles. The van der Waals surface area contributed by atoms with E-state index < -0.39 is 14.7 Å². The van der Waals surface area contributed by atoms with Crippen LogP contribution in [0, 0.1) is 0 Å². The van der Waals surface area contributed by atoms with Gasteiger partial charge < -0.3 is 9.47 Å². The zero-order chi connectivity index (χ0) is 8.74. The SMILES string of the molecule is CCOC(C)(OCC)OP=O. The van der Waals surface area contributed by atoms with Gasteiger partial charge in [-0.3, -0.25) is 0 Å². The minimum absolute atomic E-state index is 0.441. The molecule has 0 saturated heterocycles. The maximum atomic E-state index is 10.1. The highest BCUT2D eigenvalue weighted by Crippen LogP contribution is 2.19. The van der Waals surface area contributed by atoms with Crippen LogP contribution >= 0.6 is 8.69 Å². The standard InChI is InChI=1S/C6H13O4P/c1-4-8-6(3,9-5-2)10-11-7/h4-5H2,1-3H3. The van der Waals surface area contributed by atoms with Gasteiger partial charge in [0.25, 0.3) is 5.97 Å². The van der Waals surface area contributed by atoms with E-state index in [1.54, 1.807) is 6.92 Å². The molecule has 0 fully saturated rings. The van der Waals surface area contributed by atoms with Crippen molar-refractivity contribution in [2.75, 3.05) is 13.2 Å². The highest BCUT2D eigenvalue weighted by atomic mass is 31.1. The molecule has 0 aliphatic heterocycles. The normalized spacial score (nSPS) is 12.3. The van der Waals surface area contributed by atoms with Crippen LogP contribution in [0.1, 0.15) is 20.8 Å². The molecule has 0 heterocycles. The Morgan fingerprint density at radius 3 is 2.00 bits per heavy atom. The second-order valence-corrected chi connectivity index (χ2v) is 2.23. The Balaban J connectivity index is 3.88. The maximum Gasteiger partial charge on any atom is 0.332 e. The van der Waals surface area contributed by atoms with Gasteiger partial charge in [-0.25, -0.2) is 9.09 Å². The molecule has 0 spiro atoms. The summed E-state index contributed by atoms with van der Waals surface area (Å²) in [6, 6.07) is 0. The lowest BCUT2D eigenvalue weighted by atomic mass is 10.6. The predicted octanol–water partition coefficient (Wildman–Crippen LogP) is 1.96. The van der Waals surface area contributed by atoms with Gasteiger partial charge in [0.2, 0.25) is 0 Å². The lowest BCUT2D eigenvalue weighted by molar-refractivity contribution is -0.325. The van der Waals surface area contributed by atoms with Crippen LogP contribution in [0.4, 0.5) is 0 Å². The number of hydrogen-bond acceptors (Lipinski definition) is 4. The third-order valence-corrected chi connectivity index (χ3v) is 1.42. The molecule has 0 aromatic heterocycles. The minimum atomic E-state index is -1.17. The Morgan fingerprint density at radius 1 is 1.27 bits per heavy atom. The summed E-state index contributed by atoms with van der Waals surface area (Å²) < 4.78 is 24.9. The fraction of sp³-hybridized carbons (Fsp3) is 1.00. The Bertz CT molecular complexity index is 111. The second kappa shape index (κ2) is 5.61. The molecule has 0 aromatic rings. The predicted molar refractivity (Wildman–Crippen MR) is 40.3 cm³/mol. The van der Waals surface area contributed by atoms with Gasteiger partial charge in [0.05, 0.1) is 0 Å². The first-order valence-electron chi connectivity index (χ1n) is 3.47. The van der Waals surface area contributed by atoms with Crippen molar-refractivity contribution >= 4 is 8.69 Å². The fourth-order valence-electron chi connectivity index (χ4n) is 0.686. The molecule has 0 rings (SSSR count). The summed E-state index contributed by atoms with van der Waals surface area (Å²) in [7, 11) is -0.441. The van der Waals surface area contributed by atoms with Crippen molar-refractivity contribution in [3.05, 3.63) is 0 Å². The van der Waals surface area contributed by atoms with Gasteiger partial charge in [-0.15, -0.1) is 0 Å². The number of hydrogen-bond donors (Lipinski definition) is 0. The quantitative estimate of drug-likeness (QED) is 0.463. The van der Waals surface area contributed by atoms with Gasteiger partial charge in [-0.1, -0.05) is 0 Å². The molecule has 0 aliphatic carbocycles. The third kappa shape index (κ3) is 4.43. The summed E-state index contributed by atoms with van der Waals surface area (Å²) in [6.07, 6.45) is 0. The summed E-state index contributed by atoms with van der Waals surface area (Å²) >= 11 is 0. The van der Waals surface area contributed by atoms with E-state index in [1.165, 1.54) is 0 Å². The topological polar surface area (TPSA) is 44.8 Å². The molecule has 11 heavy (non-hydrogen) atoms. The van der Waals surface area contributed by atoms with Crippen LogP contribution in [0.2, 0.25) is 0 Å². The first-order chi connectivity index (χ1) is 5.18. The summed E-state index contributed by atoms with van der Waals surface area (Å²) in [5, 5.41) is 0. The Hall–Kier alpha value is -0.0200. The van der Waals surface area contributed by atoms with Crippen molar-refractivity contribution < 1.29 is 18.6 Å².